The van der Waals surface area contributed by atoms with Crippen LogP contribution in [0.5, 0.6) is 0 Å². The Labute approximate surface area is 158 Å². The van der Waals surface area contributed by atoms with E-state index >= 15 is 0 Å². The minimum atomic E-state index is -0.488. The molecule has 0 spiro atoms. The number of hydrogen-bond acceptors (Lipinski definition) is 4. The summed E-state index contributed by atoms with van der Waals surface area (Å²) in [6.07, 6.45) is 7.46. The van der Waals surface area contributed by atoms with Gasteiger partial charge >= 0.3 is 0 Å². The second-order valence-corrected chi connectivity index (χ2v) is 6.48. The van der Waals surface area contributed by atoms with Gasteiger partial charge in [-0.2, -0.15) is 0 Å². The number of aromatic nitrogens is 4. The number of nitrogens with one attached hydrogen (secondary N) is 2. The predicted molar refractivity (Wildman–Crippen MR) is 99.6 cm³/mol. The molecule has 136 valence electrons. The van der Waals surface area contributed by atoms with E-state index in [9.17, 15) is 8.78 Å². The topological polar surface area (TPSA) is 66.5 Å². The SMILES string of the molecule is Fc1ccc(F)c(CNc2ncc(Cc3c[nH]c4ncc(Cl)cc34)cn2)c1. The van der Waals surface area contributed by atoms with Gasteiger partial charge in [-0.1, -0.05) is 11.6 Å². The summed E-state index contributed by atoms with van der Waals surface area (Å²) in [6.45, 7) is 0.0928. The normalized spacial score (nSPS) is 11.1. The first kappa shape index (κ1) is 17.4. The molecule has 3 heterocycles. The van der Waals surface area contributed by atoms with E-state index in [0.29, 0.717) is 17.4 Å². The van der Waals surface area contributed by atoms with Crippen LogP contribution in [0.1, 0.15) is 16.7 Å². The van der Waals surface area contributed by atoms with E-state index in [2.05, 4.69) is 25.3 Å². The van der Waals surface area contributed by atoms with Crippen molar-refractivity contribution < 1.29 is 8.78 Å². The third-order valence-corrected chi connectivity index (χ3v) is 4.33. The molecule has 0 fully saturated rings. The van der Waals surface area contributed by atoms with E-state index in [1.165, 1.54) is 0 Å². The molecular formula is C19H14ClF2N5. The highest BCUT2D eigenvalue weighted by Gasteiger charge is 2.08. The van der Waals surface area contributed by atoms with E-state index in [1.807, 2.05) is 12.3 Å². The van der Waals surface area contributed by atoms with Crippen molar-refractivity contribution in [1.82, 2.24) is 19.9 Å². The van der Waals surface area contributed by atoms with Crippen LogP contribution in [0.4, 0.5) is 14.7 Å². The van der Waals surface area contributed by atoms with Gasteiger partial charge in [0.2, 0.25) is 5.95 Å². The molecule has 4 aromatic rings. The predicted octanol–water partition coefficient (Wildman–Crippen LogP) is 4.49. The third-order valence-electron chi connectivity index (χ3n) is 4.13. The fourth-order valence-corrected chi connectivity index (χ4v) is 2.95. The Bertz CT molecular complexity index is 1100. The third kappa shape index (κ3) is 3.88. The Hall–Kier alpha value is -3.06. The lowest BCUT2D eigenvalue weighted by Crippen LogP contribution is -2.06. The van der Waals surface area contributed by atoms with Crippen LogP contribution in [0.15, 0.2) is 49.1 Å². The van der Waals surface area contributed by atoms with Gasteiger partial charge in [0, 0.05) is 48.7 Å². The number of rotatable bonds is 5. The zero-order valence-corrected chi connectivity index (χ0v) is 14.8. The van der Waals surface area contributed by atoms with Crippen LogP contribution in [-0.2, 0) is 13.0 Å². The molecular weight excluding hydrogens is 372 g/mol. The molecule has 4 rings (SSSR count). The van der Waals surface area contributed by atoms with Crippen LogP contribution < -0.4 is 5.32 Å². The fraction of sp³-hybridized carbons (Fsp3) is 0.105. The highest BCUT2D eigenvalue weighted by Crippen LogP contribution is 2.22. The van der Waals surface area contributed by atoms with Gasteiger partial charge < -0.3 is 10.3 Å². The van der Waals surface area contributed by atoms with Gasteiger partial charge in [-0.25, -0.2) is 23.7 Å². The molecule has 0 radical (unpaired) electrons. The Morgan fingerprint density at radius 1 is 1.00 bits per heavy atom. The number of aromatic amines is 1. The standard InChI is InChI=1S/C19H14ClF2N5/c20-14-5-16-12(8-23-18(16)24-10-14)3-11-6-25-19(26-7-11)27-9-13-4-15(21)1-2-17(13)22/h1-2,4-8,10H,3,9H2,(H,23,24)(H,25,26,27). The summed E-state index contributed by atoms with van der Waals surface area (Å²) in [5.41, 5.74) is 2.92. The van der Waals surface area contributed by atoms with E-state index in [0.717, 1.165) is 40.4 Å². The number of nitrogens with zero attached hydrogens (tertiary/aromatic N) is 3. The largest absolute Gasteiger partial charge is 0.350 e. The maximum Gasteiger partial charge on any atom is 0.222 e. The molecule has 0 saturated heterocycles. The molecule has 1 aromatic carbocycles. The maximum absolute atomic E-state index is 13.6. The van der Waals surface area contributed by atoms with Crippen LogP contribution in [0.3, 0.4) is 0 Å². The smallest absolute Gasteiger partial charge is 0.222 e. The fourth-order valence-electron chi connectivity index (χ4n) is 2.79. The van der Waals surface area contributed by atoms with Crippen LogP contribution in [-0.4, -0.2) is 19.9 Å². The Kier molecular flexibility index (Phi) is 4.68. The quantitative estimate of drug-likeness (QED) is 0.531. The number of hydrogen-bond donors (Lipinski definition) is 2. The molecule has 5 nitrogen and oxygen atoms in total. The van der Waals surface area contributed by atoms with Crippen molar-refractivity contribution in [3.63, 3.8) is 0 Å². The van der Waals surface area contributed by atoms with Gasteiger partial charge in [-0.15, -0.1) is 0 Å². The average molecular weight is 386 g/mol. The number of fused-ring (bicyclic) bond motifs is 1. The summed E-state index contributed by atoms with van der Waals surface area (Å²) in [4.78, 5) is 15.8. The maximum atomic E-state index is 13.6. The zero-order valence-electron chi connectivity index (χ0n) is 14.0. The highest BCUT2D eigenvalue weighted by molar-refractivity contribution is 6.31. The monoisotopic (exact) mass is 385 g/mol. The second-order valence-electron chi connectivity index (χ2n) is 6.04. The number of benzene rings is 1. The van der Waals surface area contributed by atoms with E-state index < -0.39 is 11.6 Å². The molecule has 0 aliphatic carbocycles. The summed E-state index contributed by atoms with van der Waals surface area (Å²) >= 11 is 6.02. The number of pyridine rings is 1. The molecule has 2 N–H and O–H groups in total. The zero-order chi connectivity index (χ0) is 18.8. The van der Waals surface area contributed by atoms with E-state index in [4.69, 9.17) is 11.6 Å². The number of halogens is 3. The lowest BCUT2D eigenvalue weighted by molar-refractivity contribution is 0.587. The number of anilines is 1. The molecule has 0 atom stereocenters. The van der Waals surface area contributed by atoms with Crippen LogP contribution in [0, 0.1) is 11.6 Å². The molecule has 0 unspecified atom stereocenters. The Balaban J connectivity index is 1.45. The highest BCUT2D eigenvalue weighted by atomic mass is 35.5. The van der Waals surface area contributed by atoms with Crippen molar-refractivity contribution in [2.75, 3.05) is 5.32 Å². The first-order chi connectivity index (χ1) is 13.1. The van der Waals surface area contributed by atoms with Crippen molar-refractivity contribution >= 4 is 28.6 Å². The summed E-state index contributed by atoms with van der Waals surface area (Å²) in [7, 11) is 0. The van der Waals surface area contributed by atoms with Crippen molar-refractivity contribution in [3.05, 3.63) is 82.4 Å². The van der Waals surface area contributed by atoms with Crippen molar-refractivity contribution in [2.45, 2.75) is 13.0 Å². The summed E-state index contributed by atoms with van der Waals surface area (Å²) in [5, 5.41) is 4.41. The summed E-state index contributed by atoms with van der Waals surface area (Å²) in [5.74, 6) is -0.629. The Morgan fingerprint density at radius 2 is 1.81 bits per heavy atom. The summed E-state index contributed by atoms with van der Waals surface area (Å²) in [6, 6.07) is 5.18. The lowest BCUT2D eigenvalue weighted by Gasteiger charge is -2.07. The molecule has 0 bridgehead atoms. The average Bonchev–Trinajstić information content (AvgIpc) is 3.05. The van der Waals surface area contributed by atoms with Gasteiger partial charge in [0.1, 0.15) is 17.3 Å². The molecule has 0 aliphatic heterocycles. The van der Waals surface area contributed by atoms with E-state index in [-0.39, 0.29) is 12.1 Å². The second kappa shape index (κ2) is 7.28. The minimum Gasteiger partial charge on any atom is -0.350 e. The van der Waals surface area contributed by atoms with Gasteiger partial charge in [0.25, 0.3) is 0 Å². The van der Waals surface area contributed by atoms with Crippen molar-refractivity contribution in [3.8, 4) is 0 Å². The van der Waals surface area contributed by atoms with Crippen LogP contribution in [0.25, 0.3) is 11.0 Å². The van der Waals surface area contributed by atoms with Crippen LogP contribution >= 0.6 is 11.6 Å². The molecule has 27 heavy (non-hydrogen) atoms. The van der Waals surface area contributed by atoms with Gasteiger partial charge in [-0.3, -0.25) is 0 Å². The van der Waals surface area contributed by atoms with Gasteiger partial charge in [-0.05, 0) is 35.4 Å². The van der Waals surface area contributed by atoms with Gasteiger partial charge in [0.15, 0.2) is 0 Å². The van der Waals surface area contributed by atoms with Crippen LogP contribution in [0.2, 0.25) is 5.02 Å². The molecule has 0 aliphatic rings. The molecule has 0 amide bonds. The molecule has 8 heteroatoms. The van der Waals surface area contributed by atoms with Crippen molar-refractivity contribution in [2.24, 2.45) is 0 Å². The first-order valence-electron chi connectivity index (χ1n) is 8.19. The first-order valence-corrected chi connectivity index (χ1v) is 8.56. The number of H-pyrrole nitrogens is 1. The lowest BCUT2D eigenvalue weighted by atomic mass is 10.1. The molecule has 0 saturated carbocycles. The minimum absolute atomic E-state index is 0.0928. The Morgan fingerprint density at radius 3 is 2.63 bits per heavy atom. The molecule has 3 aromatic heterocycles. The van der Waals surface area contributed by atoms with Crippen molar-refractivity contribution in [1.29, 1.82) is 0 Å². The van der Waals surface area contributed by atoms with E-state index in [1.54, 1.807) is 18.6 Å². The summed E-state index contributed by atoms with van der Waals surface area (Å²) < 4.78 is 26.8. The van der Waals surface area contributed by atoms with Gasteiger partial charge in [0.05, 0.1) is 5.02 Å².